The summed E-state index contributed by atoms with van der Waals surface area (Å²) in [6, 6.07) is 21.0. The predicted octanol–water partition coefficient (Wildman–Crippen LogP) is 4.76. The van der Waals surface area contributed by atoms with Crippen LogP contribution < -0.4 is 10.4 Å². The second kappa shape index (κ2) is 9.49. The summed E-state index contributed by atoms with van der Waals surface area (Å²) < 4.78 is 13.3. The SMILES string of the molecule is CCCO[Si](OCC(C)CC(C)(C)C)(c1ccccc1)c1ccccc1. The van der Waals surface area contributed by atoms with Gasteiger partial charge in [0, 0.05) is 13.2 Å². The van der Waals surface area contributed by atoms with Gasteiger partial charge in [-0.1, -0.05) is 95.3 Å². The van der Waals surface area contributed by atoms with Crippen molar-refractivity contribution in [2.45, 2.75) is 47.5 Å². The second-order valence-corrected chi connectivity index (χ2v) is 11.3. The zero-order valence-corrected chi connectivity index (χ0v) is 18.0. The predicted molar refractivity (Wildman–Crippen MR) is 113 cm³/mol. The van der Waals surface area contributed by atoms with Gasteiger partial charge in [-0.15, -0.1) is 0 Å². The molecule has 2 nitrogen and oxygen atoms in total. The molecule has 0 radical (unpaired) electrons. The van der Waals surface area contributed by atoms with E-state index in [0.717, 1.165) is 19.4 Å². The summed E-state index contributed by atoms with van der Waals surface area (Å²) in [5.41, 5.74) is 0.302. The van der Waals surface area contributed by atoms with Gasteiger partial charge in [0.2, 0.25) is 0 Å². The highest BCUT2D eigenvalue weighted by molar-refractivity contribution is 6.92. The first kappa shape index (κ1) is 20.9. The largest absolute Gasteiger partial charge is 0.407 e. The summed E-state index contributed by atoms with van der Waals surface area (Å²) in [5, 5.41) is 2.37. The van der Waals surface area contributed by atoms with E-state index >= 15 is 0 Å². The van der Waals surface area contributed by atoms with E-state index in [0.29, 0.717) is 17.9 Å². The maximum absolute atomic E-state index is 6.73. The summed E-state index contributed by atoms with van der Waals surface area (Å²) in [5.74, 6) is 0.486. The van der Waals surface area contributed by atoms with E-state index in [1.165, 1.54) is 10.4 Å². The highest BCUT2D eigenvalue weighted by Gasteiger charge is 2.43. The minimum absolute atomic E-state index is 0.302. The third-order valence-electron chi connectivity index (χ3n) is 4.35. The monoisotopic (exact) mass is 370 g/mol. The van der Waals surface area contributed by atoms with Gasteiger partial charge in [-0.05, 0) is 34.5 Å². The van der Waals surface area contributed by atoms with Crippen LogP contribution in [0.4, 0.5) is 0 Å². The van der Waals surface area contributed by atoms with E-state index in [4.69, 9.17) is 8.85 Å². The van der Waals surface area contributed by atoms with Crippen molar-refractivity contribution in [3.8, 4) is 0 Å². The van der Waals surface area contributed by atoms with Crippen molar-refractivity contribution in [3.63, 3.8) is 0 Å². The molecule has 1 atom stereocenters. The molecule has 0 aliphatic rings. The Bertz CT molecular complexity index is 595. The number of rotatable bonds is 9. The average Bonchev–Trinajstić information content (AvgIpc) is 2.62. The molecule has 0 aliphatic carbocycles. The van der Waals surface area contributed by atoms with Crippen LogP contribution in [-0.4, -0.2) is 21.8 Å². The molecule has 0 bridgehead atoms. The Labute approximate surface area is 160 Å². The zero-order chi connectivity index (χ0) is 19.0. The summed E-state index contributed by atoms with van der Waals surface area (Å²) in [6.07, 6.45) is 2.12. The van der Waals surface area contributed by atoms with E-state index < -0.39 is 8.56 Å². The molecule has 2 aromatic carbocycles. The third kappa shape index (κ3) is 5.80. The van der Waals surface area contributed by atoms with Crippen LogP contribution in [0, 0.1) is 11.3 Å². The topological polar surface area (TPSA) is 18.5 Å². The molecule has 0 saturated heterocycles. The summed E-state index contributed by atoms with van der Waals surface area (Å²) in [6.45, 7) is 12.7. The zero-order valence-electron chi connectivity index (χ0n) is 17.0. The van der Waals surface area contributed by atoms with Crippen LogP contribution in [0.2, 0.25) is 0 Å². The van der Waals surface area contributed by atoms with Crippen LogP contribution in [0.5, 0.6) is 0 Å². The fraction of sp³-hybridized carbons (Fsp3) is 0.478. The maximum Gasteiger partial charge on any atom is 0.407 e. The molecule has 2 rings (SSSR count). The van der Waals surface area contributed by atoms with Crippen molar-refractivity contribution < 1.29 is 8.85 Å². The normalized spacial score (nSPS) is 13.6. The first-order valence-electron chi connectivity index (χ1n) is 9.76. The van der Waals surface area contributed by atoms with Gasteiger partial charge in [0.25, 0.3) is 0 Å². The molecule has 0 fully saturated rings. The van der Waals surface area contributed by atoms with Crippen molar-refractivity contribution in [1.29, 1.82) is 0 Å². The Morgan fingerprint density at radius 2 is 1.35 bits per heavy atom. The fourth-order valence-electron chi connectivity index (χ4n) is 3.47. The summed E-state index contributed by atoms with van der Waals surface area (Å²) in [4.78, 5) is 0. The third-order valence-corrected chi connectivity index (χ3v) is 7.72. The lowest BCUT2D eigenvalue weighted by molar-refractivity contribution is 0.150. The Balaban J connectivity index is 2.36. The van der Waals surface area contributed by atoms with Crippen LogP contribution in [0.3, 0.4) is 0 Å². The van der Waals surface area contributed by atoms with Gasteiger partial charge in [0.05, 0.1) is 0 Å². The van der Waals surface area contributed by atoms with Gasteiger partial charge in [-0.2, -0.15) is 0 Å². The Morgan fingerprint density at radius 3 is 1.77 bits per heavy atom. The van der Waals surface area contributed by atoms with Gasteiger partial charge < -0.3 is 8.85 Å². The van der Waals surface area contributed by atoms with Crippen LogP contribution in [0.15, 0.2) is 60.7 Å². The Hall–Kier alpha value is -1.42. The number of hydrogen-bond donors (Lipinski definition) is 0. The molecule has 0 aliphatic heterocycles. The summed E-state index contributed by atoms with van der Waals surface area (Å²) >= 11 is 0. The molecule has 0 aromatic heterocycles. The highest BCUT2D eigenvalue weighted by atomic mass is 28.4. The van der Waals surface area contributed by atoms with Crippen molar-refractivity contribution >= 4 is 18.9 Å². The molecule has 2 aromatic rings. The van der Waals surface area contributed by atoms with Gasteiger partial charge >= 0.3 is 8.56 Å². The van der Waals surface area contributed by atoms with E-state index in [-0.39, 0.29) is 0 Å². The van der Waals surface area contributed by atoms with Crippen molar-refractivity contribution in [3.05, 3.63) is 60.7 Å². The van der Waals surface area contributed by atoms with Crippen LogP contribution in [0.1, 0.15) is 47.5 Å². The van der Waals surface area contributed by atoms with Crippen molar-refractivity contribution in [1.82, 2.24) is 0 Å². The molecule has 0 saturated carbocycles. The van der Waals surface area contributed by atoms with E-state index in [2.05, 4.69) is 95.3 Å². The van der Waals surface area contributed by atoms with Gasteiger partial charge in [-0.25, -0.2) is 0 Å². The molecule has 26 heavy (non-hydrogen) atoms. The fourth-order valence-corrected chi connectivity index (χ4v) is 6.82. The van der Waals surface area contributed by atoms with Crippen LogP contribution >= 0.6 is 0 Å². The molecule has 0 amide bonds. The molecular formula is C23H34O2Si. The lowest BCUT2D eigenvalue weighted by Crippen LogP contribution is -2.63. The molecule has 142 valence electrons. The van der Waals surface area contributed by atoms with Crippen LogP contribution in [0.25, 0.3) is 0 Å². The van der Waals surface area contributed by atoms with Crippen molar-refractivity contribution in [2.24, 2.45) is 11.3 Å². The van der Waals surface area contributed by atoms with E-state index in [1.54, 1.807) is 0 Å². The lowest BCUT2D eigenvalue weighted by Gasteiger charge is -2.33. The van der Waals surface area contributed by atoms with E-state index in [1.807, 2.05) is 0 Å². The Morgan fingerprint density at radius 1 is 0.846 bits per heavy atom. The minimum Gasteiger partial charge on any atom is -0.388 e. The first-order valence-corrected chi connectivity index (χ1v) is 11.6. The molecular weight excluding hydrogens is 336 g/mol. The molecule has 0 heterocycles. The molecule has 0 spiro atoms. The second-order valence-electron chi connectivity index (χ2n) is 8.38. The van der Waals surface area contributed by atoms with Gasteiger partial charge in [0.1, 0.15) is 0 Å². The van der Waals surface area contributed by atoms with E-state index in [9.17, 15) is 0 Å². The van der Waals surface area contributed by atoms with Crippen LogP contribution in [-0.2, 0) is 8.85 Å². The van der Waals surface area contributed by atoms with Crippen molar-refractivity contribution in [2.75, 3.05) is 13.2 Å². The average molecular weight is 371 g/mol. The standard InChI is InChI=1S/C23H34O2Si/c1-6-17-24-26(21-13-9-7-10-14-21,22-15-11-8-12-16-22)25-19-20(2)18-23(3,4)5/h7-16,20H,6,17-19H2,1-5H3. The lowest BCUT2D eigenvalue weighted by atomic mass is 9.86. The highest BCUT2D eigenvalue weighted by Crippen LogP contribution is 2.25. The minimum atomic E-state index is -2.71. The quantitative estimate of drug-likeness (QED) is 0.593. The Kier molecular flexibility index (Phi) is 7.63. The number of hydrogen-bond acceptors (Lipinski definition) is 2. The molecule has 0 N–H and O–H groups in total. The summed E-state index contributed by atoms with van der Waals surface area (Å²) in [7, 11) is -2.71. The smallest absolute Gasteiger partial charge is 0.388 e. The first-order chi connectivity index (χ1) is 12.4. The van der Waals surface area contributed by atoms with Gasteiger partial charge in [-0.3, -0.25) is 0 Å². The maximum atomic E-state index is 6.73. The molecule has 3 heteroatoms. The van der Waals surface area contributed by atoms with Gasteiger partial charge in [0.15, 0.2) is 0 Å². The molecule has 1 unspecified atom stereocenters. The number of benzene rings is 2.